The molecular formula is C21H11ClF3N7. The highest BCUT2D eigenvalue weighted by Gasteiger charge is 2.31. The number of alkyl halides is 3. The zero-order chi connectivity index (χ0) is 23.0. The molecule has 0 fully saturated rings. The summed E-state index contributed by atoms with van der Waals surface area (Å²) in [5, 5.41) is 23.1. The van der Waals surface area contributed by atoms with Crippen LogP contribution in [0.25, 0.3) is 22.3 Å². The minimum absolute atomic E-state index is 0.0509. The van der Waals surface area contributed by atoms with Crippen molar-refractivity contribution in [2.24, 2.45) is 0 Å². The Morgan fingerprint density at radius 2 is 1.69 bits per heavy atom. The number of nitrogens with two attached hydrogens (primary N) is 1. The minimum Gasteiger partial charge on any atom is -0.368 e. The van der Waals surface area contributed by atoms with Crippen molar-refractivity contribution in [3.63, 3.8) is 0 Å². The third kappa shape index (κ3) is 4.04. The van der Waals surface area contributed by atoms with Crippen molar-refractivity contribution in [1.29, 1.82) is 10.5 Å². The second-order valence-corrected chi connectivity index (χ2v) is 7.27. The Kier molecular flexibility index (Phi) is 5.17. The van der Waals surface area contributed by atoms with Gasteiger partial charge < -0.3 is 5.73 Å². The third-order valence-electron chi connectivity index (χ3n) is 4.60. The van der Waals surface area contributed by atoms with E-state index in [1.807, 2.05) is 12.1 Å². The van der Waals surface area contributed by atoms with E-state index in [-0.39, 0.29) is 39.9 Å². The van der Waals surface area contributed by atoms with Crippen molar-refractivity contribution < 1.29 is 13.2 Å². The third-order valence-corrected chi connectivity index (χ3v) is 4.81. The van der Waals surface area contributed by atoms with Crippen LogP contribution >= 0.6 is 11.6 Å². The van der Waals surface area contributed by atoms with Gasteiger partial charge >= 0.3 is 6.18 Å². The summed E-state index contributed by atoms with van der Waals surface area (Å²) in [6.07, 6.45) is -3.10. The molecule has 2 aromatic carbocycles. The fraction of sp³-hybridized carbons (Fsp3) is 0.0952. The van der Waals surface area contributed by atoms with Gasteiger partial charge in [-0.15, -0.1) is 0 Å². The molecule has 4 rings (SSSR count). The molecule has 0 unspecified atom stereocenters. The van der Waals surface area contributed by atoms with Crippen LogP contribution in [0.2, 0.25) is 5.02 Å². The molecule has 0 amide bonds. The topological polar surface area (TPSA) is 117 Å². The van der Waals surface area contributed by atoms with E-state index in [0.29, 0.717) is 16.6 Å². The van der Waals surface area contributed by atoms with Crippen LogP contribution in [0, 0.1) is 22.7 Å². The number of fused-ring (bicyclic) bond motifs is 1. The summed E-state index contributed by atoms with van der Waals surface area (Å²) in [7, 11) is 0. The van der Waals surface area contributed by atoms with Gasteiger partial charge in [0.05, 0.1) is 52.7 Å². The number of hydrogen-bond donors (Lipinski definition) is 1. The van der Waals surface area contributed by atoms with E-state index in [9.17, 15) is 23.7 Å². The SMILES string of the molecule is N#Cc1cc(C#N)cc(-c2nc(N)nc3c2cnn3Cc2cc(Cl)cc(C(F)(F)F)c2)c1. The fourth-order valence-corrected chi connectivity index (χ4v) is 3.54. The predicted octanol–water partition coefficient (Wildman–Crippen LogP) is 4.54. The number of halogens is 4. The van der Waals surface area contributed by atoms with Crippen LogP contribution in [0.4, 0.5) is 19.1 Å². The predicted molar refractivity (Wildman–Crippen MR) is 110 cm³/mol. The van der Waals surface area contributed by atoms with E-state index in [2.05, 4.69) is 15.1 Å². The molecule has 0 aliphatic rings. The Balaban J connectivity index is 1.83. The zero-order valence-corrected chi connectivity index (χ0v) is 16.8. The van der Waals surface area contributed by atoms with Crippen molar-refractivity contribution in [3.8, 4) is 23.4 Å². The molecule has 11 heteroatoms. The molecule has 0 aliphatic carbocycles. The van der Waals surface area contributed by atoms with E-state index < -0.39 is 11.7 Å². The minimum atomic E-state index is -4.55. The van der Waals surface area contributed by atoms with Crippen LogP contribution in [0.5, 0.6) is 0 Å². The van der Waals surface area contributed by atoms with Crippen LogP contribution in [0.15, 0.2) is 42.6 Å². The molecule has 0 saturated carbocycles. The second kappa shape index (κ2) is 7.84. The summed E-state index contributed by atoms with van der Waals surface area (Å²) in [5.41, 5.74) is 6.87. The molecule has 2 aromatic heterocycles. The Morgan fingerprint density at radius 1 is 1.00 bits per heavy atom. The molecule has 158 valence electrons. The maximum absolute atomic E-state index is 13.1. The summed E-state index contributed by atoms with van der Waals surface area (Å²) in [5.74, 6) is -0.0998. The molecule has 0 saturated heterocycles. The molecule has 0 bridgehead atoms. The lowest BCUT2D eigenvalue weighted by molar-refractivity contribution is -0.137. The van der Waals surface area contributed by atoms with Gasteiger partial charge in [0.25, 0.3) is 0 Å². The maximum Gasteiger partial charge on any atom is 0.416 e. The Morgan fingerprint density at radius 3 is 2.31 bits per heavy atom. The number of hydrogen-bond acceptors (Lipinski definition) is 6. The summed E-state index contributed by atoms with van der Waals surface area (Å²) in [6, 6.07) is 11.7. The highest BCUT2D eigenvalue weighted by atomic mass is 35.5. The summed E-state index contributed by atoms with van der Waals surface area (Å²) >= 11 is 5.87. The van der Waals surface area contributed by atoms with Crippen molar-refractivity contribution >= 4 is 28.6 Å². The molecule has 2 N–H and O–H groups in total. The van der Waals surface area contributed by atoms with Crippen molar-refractivity contribution in [2.75, 3.05) is 5.73 Å². The van der Waals surface area contributed by atoms with Gasteiger partial charge in [0.2, 0.25) is 5.95 Å². The smallest absolute Gasteiger partial charge is 0.368 e. The standard InChI is InChI=1S/C21H11ClF3N7/c22-16-5-13(4-15(6-16)21(23,24)25)10-32-19-17(9-29-32)18(30-20(28)31-19)14-2-11(7-26)1-12(3-14)8-27/h1-6,9H,10H2,(H2,28,30,31). The monoisotopic (exact) mass is 453 g/mol. The first-order chi connectivity index (χ1) is 15.2. The van der Waals surface area contributed by atoms with E-state index in [1.165, 1.54) is 23.0 Å². The largest absolute Gasteiger partial charge is 0.416 e. The first-order valence-corrected chi connectivity index (χ1v) is 9.37. The molecule has 7 nitrogen and oxygen atoms in total. The van der Waals surface area contributed by atoms with Gasteiger partial charge in [-0.3, -0.25) is 0 Å². The highest BCUT2D eigenvalue weighted by Crippen LogP contribution is 2.33. The van der Waals surface area contributed by atoms with Crippen LogP contribution in [-0.4, -0.2) is 19.7 Å². The van der Waals surface area contributed by atoms with Crippen molar-refractivity contribution in [2.45, 2.75) is 12.7 Å². The normalized spacial score (nSPS) is 11.3. The molecule has 0 radical (unpaired) electrons. The van der Waals surface area contributed by atoms with E-state index in [0.717, 1.165) is 12.1 Å². The Hall–Kier alpha value is -4.15. The zero-order valence-electron chi connectivity index (χ0n) is 16.0. The van der Waals surface area contributed by atoms with Crippen molar-refractivity contribution in [3.05, 3.63) is 69.9 Å². The molecule has 2 heterocycles. The first-order valence-electron chi connectivity index (χ1n) is 8.99. The average Bonchev–Trinajstić information content (AvgIpc) is 3.14. The molecule has 32 heavy (non-hydrogen) atoms. The number of nitriles is 2. The van der Waals surface area contributed by atoms with Gasteiger partial charge in [0.15, 0.2) is 5.65 Å². The van der Waals surface area contributed by atoms with Gasteiger partial charge in [-0.25, -0.2) is 9.67 Å². The lowest BCUT2D eigenvalue weighted by Crippen LogP contribution is -2.08. The number of aromatic nitrogens is 4. The van der Waals surface area contributed by atoms with Gasteiger partial charge in [0, 0.05) is 10.6 Å². The highest BCUT2D eigenvalue weighted by molar-refractivity contribution is 6.30. The number of nitrogens with zero attached hydrogens (tertiary/aromatic N) is 6. The van der Waals surface area contributed by atoms with E-state index in [4.69, 9.17) is 17.3 Å². The summed E-state index contributed by atoms with van der Waals surface area (Å²) in [4.78, 5) is 8.41. The number of benzene rings is 2. The van der Waals surface area contributed by atoms with Gasteiger partial charge in [-0.1, -0.05) is 11.6 Å². The van der Waals surface area contributed by atoms with Crippen LogP contribution < -0.4 is 5.73 Å². The van der Waals surface area contributed by atoms with Crippen LogP contribution in [0.1, 0.15) is 22.3 Å². The average molecular weight is 454 g/mol. The lowest BCUT2D eigenvalue weighted by atomic mass is 10.0. The Labute approximate surface area is 184 Å². The Bertz CT molecular complexity index is 1410. The molecule has 0 spiro atoms. The van der Waals surface area contributed by atoms with E-state index in [1.54, 1.807) is 12.1 Å². The molecule has 4 aromatic rings. The fourth-order valence-electron chi connectivity index (χ4n) is 3.28. The summed E-state index contributed by atoms with van der Waals surface area (Å²) < 4.78 is 40.8. The first kappa shape index (κ1) is 21.1. The number of rotatable bonds is 3. The van der Waals surface area contributed by atoms with Crippen molar-refractivity contribution in [1.82, 2.24) is 19.7 Å². The molecule has 0 aliphatic heterocycles. The quantitative estimate of drug-likeness (QED) is 0.486. The van der Waals surface area contributed by atoms with Gasteiger partial charge in [-0.2, -0.15) is 33.8 Å². The molecular weight excluding hydrogens is 443 g/mol. The molecule has 0 atom stereocenters. The summed E-state index contributed by atoms with van der Waals surface area (Å²) in [6.45, 7) is -0.0509. The van der Waals surface area contributed by atoms with Gasteiger partial charge in [-0.05, 0) is 42.0 Å². The van der Waals surface area contributed by atoms with Crippen LogP contribution in [-0.2, 0) is 12.7 Å². The number of nitrogen functional groups attached to an aromatic ring is 1. The maximum atomic E-state index is 13.1. The number of anilines is 1. The second-order valence-electron chi connectivity index (χ2n) is 6.84. The van der Waals surface area contributed by atoms with Gasteiger partial charge in [0.1, 0.15) is 0 Å². The lowest BCUT2D eigenvalue weighted by Gasteiger charge is -2.11. The van der Waals surface area contributed by atoms with Crippen LogP contribution in [0.3, 0.4) is 0 Å². The van der Waals surface area contributed by atoms with E-state index >= 15 is 0 Å².